The van der Waals surface area contributed by atoms with E-state index >= 15 is 0 Å². The minimum absolute atomic E-state index is 0.0289. The number of amides is 1. The Bertz CT molecular complexity index is 785. The summed E-state index contributed by atoms with van der Waals surface area (Å²) in [5.74, 6) is -0.0781. The Labute approximate surface area is 137 Å². The van der Waals surface area contributed by atoms with Crippen LogP contribution in [0.2, 0.25) is 0 Å². The Morgan fingerprint density at radius 1 is 1.41 bits per heavy atom. The summed E-state index contributed by atoms with van der Waals surface area (Å²) in [6, 6.07) is 6.18. The van der Waals surface area contributed by atoms with Gasteiger partial charge in [-0.3, -0.25) is 9.69 Å². The smallest absolute Gasteiger partial charge is 0.266 e. The molecule has 1 amide bonds. The zero-order valence-corrected chi connectivity index (χ0v) is 13.9. The van der Waals surface area contributed by atoms with Gasteiger partial charge in [0.05, 0.1) is 22.5 Å². The SMILES string of the molecule is O=C1/C(=C/c2cccc(O)c2)SC(=S)N1[C@H]1CCS(=O)(=O)C1. The molecule has 0 spiro atoms. The predicted octanol–water partition coefficient (Wildman–Crippen LogP) is 1.78. The van der Waals surface area contributed by atoms with E-state index in [9.17, 15) is 18.3 Å². The second kappa shape index (κ2) is 5.68. The van der Waals surface area contributed by atoms with Crippen molar-refractivity contribution in [3.63, 3.8) is 0 Å². The standard InChI is InChI=1S/C14H13NO4S3/c16-11-3-1-2-9(6-11)7-12-13(17)15(14(20)21-12)10-4-5-22(18,19)8-10/h1-3,6-7,10,16H,4-5,8H2/b12-7-/t10-/m0/s1. The van der Waals surface area contributed by atoms with Crippen LogP contribution in [-0.2, 0) is 14.6 Å². The van der Waals surface area contributed by atoms with Gasteiger partial charge >= 0.3 is 0 Å². The molecular formula is C14H13NO4S3. The number of phenolic OH excluding ortho intramolecular Hbond substituents is 1. The molecule has 0 radical (unpaired) electrons. The second-order valence-corrected chi connectivity index (χ2v) is 9.11. The van der Waals surface area contributed by atoms with Gasteiger partial charge < -0.3 is 5.11 Å². The van der Waals surface area contributed by atoms with Gasteiger partial charge in [0, 0.05) is 0 Å². The van der Waals surface area contributed by atoms with Crippen LogP contribution in [0.25, 0.3) is 6.08 Å². The Hall–Kier alpha value is -1.38. The van der Waals surface area contributed by atoms with Gasteiger partial charge in [-0.25, -0.2) is 8.42 Å². The van der Waals surface area contributed by atoms with Crippen molar-refractivity contribution in [2.45, 2.75) is 12.5 Å². The number of nitrogens with zero attached hydrogens (tertiary/aromatic N) is 1. The third kappa shape index (κ3) is 3.04. The molecule has 0 unspecified atom stereocenters. The second-order valence-electron chi connectivity index (χ2n) is 5.20. The third-order valence-corrected chi connectivity index (χ3v) is 6.65. The van der Waals surface area contributed by atoms with Crippen molar-refractivity contribution < 1.29 is 18.3 Å². The fourth-order valence-corrected chi connectivity index (χ4v) is 5.64. The number of thioether (sulfide) groups is 1. The average Bonchev–Trinajstić information content (AvgIpc) is 2.90. The Morgan fingerprint density at radius 2 is 2.18 bits per heavy atom. The number of rotatable bonds is 2. The summed E-state index contributed by atoms with van der Waals surface area (Å²) >= 11 is 6.39. The van der Waals surface area contributed by atoms with E-state index < -0.39 is 9.84 Å². The van der Waals surface area contributed by atoms with E-state index in [0.717, 1.165) is 11.8 Å². The molecule has 1 aromatic rings. The summed E-state index contributed by atoms with van der Waals surface area (Å²) < 4.78 is 23.6. The molecule has 2 heterocycles. The molecule has 2 aliphatic rings. The van der Waals surface area contributed by atoms with Gasteiger partial charge in [0.15, 0.2) is 9.84 Å². The lowest BCUT2D eigenvalue weighted by molar-refractivity contribution is -0.123. The van der Waals surface area contributed by atoms with Gasteiger partial charge in [0.1, 0.15) is 10.1 Å². The zero-order chi connectivity index (χ0) is 15.9. The number of carbonyl (C=O) groups excluding carboxylic acids is 1. The van der Waals surface area contributed by atoms with Crippen molar-refractivity contribution in [1.82, 2.24) is 4.90 Å². The van der Waals surface area contributed by atoms with Crippen molar-refractivity contribution in [2.24, 2.45) is 0 Å². The number of benzene rings is 1. The molecule has 2 aliphatic heterocycles. The Kier molecular flexibility index (Phi) is 4.00. The molecule has 0 bridgehead atoms. The van der Waals surface area contributed by atoms with E-state index in [1.165, 1.54) is 4.90 Å². The van der Waals surface area contributed by atoms with Crippen molar-refractivity contribution >= 4 is 50.1 Å². The van der Waals surface area contributed by atoms with Crippen LogP contribution in [0.3, 0.4) is 0 Å². The van der Waals surface area contributed by atoms with Gasteiger partial charge in [-0.1, -0.05) is 36.1 Å². The first kappa shape index (κ1) is 15.5. The van der Waals surface area contributed by atoms with Crippen LogP contribution in [-0.4, -0.2) is 46.2 Å². The molecule has 2 fully saturated rings. The molecule has 22 heavy (non-hydrogen) atoms. The Balaban J connectivity index is 1.86. The number of phenols is 1. The van der Waals surface area contributed by atoms with E-state index in [2.05, 4.69) is 0 Å². The van der Waals surface area contributed by atoms with Crippen molar-refractivity contribution in [3.8, 4) is 5.75 Å². The number of thiocarbonyl (C=S) groups is 1. The maximum Gasteiger partial charge on any atom is 0.266 e. The van der Waals surface area contributed by atoms with E-state index in [1.54, 1.807) is 30.3 Å². The van der Waals surface area contributed by atoms with E-state index in [0.29, 0.717) is 21.2 Å². The molecule has 116 valence electrons. The molecule has 1 atom stereocenters. The van der Waals surface area contributed by atoms with Crippen LogP contribution in [0.4, 0.5) is 0 Å². The first-order valence-corrected chi connectivity index (χ1v) is 9.67. The fraction of sp³-hybridized carbons (Fsp3) is 0.286. The highest BCUT2D eigenvalue weighted by atomic mass is 32.2. The lowest BCUT2D eigenvalue weighted by Crippen LogP contribution is -2.39. The van der Waals surface area contributed by atoms with Crippen LogP contribution in [0.15, 0.2) is 29.2 Å². The normalized spacial score (nSPS) is 26.1. The van der Waals surface area contributed by atoms with Crippen LogP contribution < -0.4 is 0 Å². The summed E-state index contributed by atoms with van der Waals surface area (Å²) in [7, 11) is -3.08. The Morgan fingerprint density at radius 3 is 2.82 bits per heavy atom. The topological polar surface area (TPSA) is 74.7 Å². The first-order valence-electron chi connectivity index (χ1n) is 6.62. The lowest BCUT2D eigenvalue weighted by atomic mass is 10.2. The van der Waals surface area contributed by atoms with Gasteiger partial charge in [-0.15, -0.1) is 0 Å². The molecule has 5 nitrogen and oxygen atoms in total. The predicted molar refractivity (Wildman–Crippen MR) is 90.2 cm³/mol. The van der Waals surface area contributed by atoms with Gasteiger partial charge in [0.25, 0.3) is 5.91 Å². The van der Waals surface area contributed by atoms with Crippen LogP contribution in [0.1, 0.15) is 12.0 Å². The number of hydrogen-bond acceptors (Lipinski definition) is 6. The number of sulfone groups is 1. The quantitative estimate of drug-likeness (QED) is 0.644. The van der Waals surface area contributed by atoms with Gasteiger partial charge in [0.2, 0.25) is 0 Å². The summed E-state index contributed by atoms with van der Waals surface area (Å²) in [5.41, 5.74) is 0.694. The van der Waals surface area contributed by atoms with Crippen molar-refractivity contribution in [1.29, 1.82) is 0 Å². The zero-order valence-electron chi connectivity index (χ0n) is 11.4. The molecule has 2 saturated heterocycles. The molecule has 0 aliphatic carbocycles. The third-order valence-electron chi connectivity index (χ3n) is 3.57. The van der Waals surface area contributed by atoms with E-state index in [4.69, 9.17) is 12.2 Å². The largest absolute Gasteiger partial charge is 0.508 e. The minimum atomic E-state index is -3.08. The molecule has 3 rings (SSSR count). The molecular weight excluding hydrogens is 342 g/mol. The number of hydrogen-bond donors (Lipinski definition) is 1. The monoisotopic (exact) mass is 355 g/mol. The molecule has 8 heteroatoms. The molecule has 0 aromatic heterocycles. The summed E-state index contributed by atoms with van der Waals surface area (Å²) in [6.07, 6.45) is 2.08. The van der Waals surface area contributed by atoms with Crippen LogP contribution in [0.5, 0.6) is 5.75 Å². The van der Waals surface area contributed by atoms with Gasteiger partial charge in [-0.05, 0) is 30.2 Å². The fourth-order valence-electron chi connectivity index (χ4n) is 2.54. The van der Waals surface area contributed by atoms with Crippen molar-refractivity contribution in [3.05, 3.63) is 34.7 Å². The van der Waals surface area contributed by atoms with Crippen LogP contribution >= 0.6 is 24.0 Å². The average molecular weight is 355 g/mol. The number of aromatic hydroxyl groups is 1. The molecule has 1 N–H and O–H groups in total. The van der Waals surface area contributed by atoms with Crippen LogP contribution in [0, 0.1) is 0 Å². The highest BCUT2D eigenvalue weighted by Gasteiger charge is 2.42. The van der Waals surface area contributed by atoms with Gasteiger partial charge in [-0.2, -0.15) is 0 Å². The maximum atomic E-state index is 12.5. The summed E-state index contributed by atoms with van der Waals surface area (Å²) in [6.45, 7) is 0. The van der Waals surface area contributed by atoms with E-state index in [1.807, 2.05) is 0 Å². The summed E-state index contributed by atoms with van der Waals surface area (Å²) in [5, 5.41) is 9.46. The first-order chi connectivity index (χ1) is 10.4. The molecule has 1 aromatic carbocycles. The highest BCUT2D eigenvalue weighted by molar-refractivity contribution is 8.26. The van der Waals surface area contributed by atoms with E-state index in [-0.39, 0.29) is 29.2 Å². The summed E-state index contributed by atoms with van der Waals surface area (Å²) in [4.78, 5) is 14.4. The highest BCUT2D eigenvalue weighted by Crippen LogP contribution is 2.36. The maximum absolute atomic E-state index is 12.5. The minimum Gasteiger partial charge on any atom is -0.508 e. The number of carbonyl (C=O) groups is 1. The van der Waals surface area contributed by atoms with Crippen molar-refractivity contribution in [2.75, 3.05) is 11.5 Å². The molecule has 0 saturated carbocycles. The lowest BCUT2D eigenvalue weighted by Gasteiger charge is -2.20.